The summed E-state index contributed by atoms with van der Waals surface area (Å²) in [5.74, 6) is -2.78. The molecule has 0 fully saturated rings. The van der Waals surface area contributed by atoms with Crippen molar-refractivity contribution in [1.29, 1.82) is 0 Å². The second kappa shape index (κ2) is 6.21. The quantitative estimate of drug-likeness (QED) is 0.746. The Morgan fingerprint density at radius 3 is 2.17 bits per heavy atom. The maximum Gasteiger partial charge on any atom is 0.573 e. The van der Waals surface area contributed by atoms with Gasteiger partial charge in [0.15, 0.2) is 5.78 Å². The summed E-state index contributed by atoms with van der Waals surface area (Å²) in [6.07, 6.45) is -8.25. The molecule has 3 nitrogen and oxygen atoms in total. The van der Waals surface area contributed by atoms with Crippen LogP contribution in [0.15, 0.2) is 42.2 Å². The van der Waals surface area contributed by atoms with Gasteiger partial charge in [0.25, 0.3) is 0 Å². The van der Waals surface area contributed by atoms with E-state index in [0.29, 0.717) is 6.08 Å². The van der Waals surface area contributed by atoms with Crippen LogP contribution in [0.4, 0.5) is 26.3 Å². The highest BCUT2D eigenvalue weighted by atomic mass is 19.4. The van der Waals surface area contributed by atoms with E-state index in [1.54, 1.807) is 0 Å². The van der Waals surface area contributed by atoms with Gasteiger partial charge in [0.05, 0.1) is 0 Å². The minimum Gasteiger partial charge on any atom is -0.406 e. The third-order valence-corrected chi connectivity index (χ3v) is 3.11. The number of allylic oxidation sites excluding steroid dienone is 3. The topological polar surface area (TPSA) is 35.5 Å². The van der Waals surface area contributed by atoms with Crippen LogP contribution < -0.4 is 4.74 Å². The Morgan fingerprint density at radius 2 is 1.58 bits per heavy atom. The molecule has 0 amide bonds. The fourth-order valence-corrected chi connectivity index (χ4v) is 2.14. The molecule has 0 aromatic heterocycles. The summed E-state index contributed by atoms with van der Waals surface area (Å²) in [5.41, 5.74) is 0.211. The van der Waals surface area contributed by atoms with Gasteiger partial charge in [-0.15, -0.1) is 26.3 Å². The lowest BCUT2D eigenvalue weighted by Crippen LogP contribution is -2.20. The molecule has 0 saturated carbocycles. The average Bonchev–Trinajstić information content (AvgIpc) is 2.39. The summed E-state index contributed by atoms with van der Waals surface area (Å²) >= 11 is 0. The fraction of sp³-hybridized carbons (Fsp3) is 0.267. The maximum absolute atomic E-state index is 12.3. The molecule has 1 aromatic carbocycles. The van der Waals surface area contributed by atoms with Crippen LogP contribution in [0, 0.1) is 5.92 Å². The summed E-state index contributed by atoms with van der Waals surface area (Å²) in [6, 6.07) is 4.61. The number of ketones is 1. The third-order valence-electron chi connectivity index (χ3n) is 3.11. The first-order valence-electron chi connectivity index (χ1n) is 6.54. The molecule has 1 aliphatic carbocycles. The third kappa shape index (κ3) is 4.77. The van der Waals surface area contributed by atoms with Gasteiger partial charge in [-0.05, 0) is 29.3 Å². The van der Waals surface area contributed by atoms with E-state index in [2.05, 4.69) is 9.47 Å². The molecular formula is C15H10F6O3. The number of carbonyl (C=O) groups is 1. The maximum atomic E-state index is 12.3. The lowest BCUT2D eigenvalue weighted by molar-refractivity contribution is -0.303. The van der Waals surface area contributed by atoms with Gasteiger partial charge in [-0.3, -0.25) is 4.79 Å². The molecule has 0 spiro atoms. The van der Waals surface area contributed by atoms with Crippen molar-refractivity contribution in [2.24, 2.45) is 5.92 Å². The van der Waals surface area contributed by atoms with Crippen molar-refractivity contribution >= 4 is 11.4 Å². The molecule has 1 atom stereocenters. The molecule has 0 saturated heterocycles. The molecule has 1 aromatic rings. The second-order valence-electron chi connectivity index (χ2n) is 4.89. The number of ether oxygens (including phenoxy) is 2. The van der Waals surface area contributed by atoms with E-state index < -0.39 is 35.9 Å². The molecule has 2 rings (SSSR count). The fourth-order valence-electron chi connectivity index (χ4n) is 2.14. The molecule has 0 N–H and O–H groups in total. The van der Waals surface area contributed by atoms with Crippen LogP contribution in [0.5, 0.6) is 5.75 Å². The van der Waals surface area contributed by atoms with E-state index in [1.165, 1.54) is 19.1 Å². The molecule has 0 heterocycles. The molecule has 24 heavy (non-hydrogen) atoms. The lowest BCUT2D eigenvalue weighted by atomic mass is 9.86. The van der Waals surface area contributed by atoms with E-state index in [4.69, 9.17) is 0 Å². The summed E-state index contributed by atoms with van der Waals surface area (Å²) in [7, 11) is 0. The molecule has 9 heteroatoms. The van der Waals surface area contributed by atoms with Gasteiger partial charge in [-0.2, -0.15) is 0 Å². The van der Waals surface area contributed by atoms with Crippen LogP contribution in [-0.2, 0) is 9.53 Å². The van der Waals surface area contributed by atoms with Crippen LogP contribution in [0.3, 0.4) is 0 Å². The smallest absolute Gasteiger partial charge is 0.406 e. The van der Waals surface area contributed by atoms with Gasteiger partial charge >= 0.3 is 12.7 Å². The summed E-state index contributed by atoms with van der Waals surface area (Å²) in [6.45, 7) is 1.42. The second-order valence-corrected chi connectivity index (χ2v) is 4.89. The summed E-state index contributed by atoms with van der Waals surface area (Å²) in [4.78, 5) is 11.8. The zero-order chi connectivity index (χ0) is 18.1. The number of carbonyl (C=O) groups excluding carboxylic acids is 1. The monoisotopic (exact) mass is 352 g/mol. The summed E-state index contributed by atoms with van der Waals surface area (Å²) < 4.78 is 81.1. The number of rotatable bonds is 3. The van der Waals surface area contributed by atoms with Crippen molar-refractivity contribution in [2.45, 2.75) is 19.6 Å². The van der Waals surface area contributed by atoms with Crippen LogP contribution in [0.25, 0.3) is 5.57 Å². The standard InChI is InChI=1S/C15H10F6O3/c1-8-12(6-11(7-13(8)22)24-15(19,20)21)9-3-2-4-10(5-9)23-14(16,17)18/h2-8H,1H3. The molecule has 1 aliphatic rings. The lowest BCUT2D eigenvalue weighted by Gasteiger charge is -2.21. The minimum absolute atomic E-state index is 0.0920. The number of halogens is 6. The van der Waals surface area contributed by atoms with Gasteiger partial charge in [0, 0.05) is 12.0 Å². The average molecular weight is 352 g/mol. The predicted octanol–water partition coefficient (Wildman–Crippen LogP) is 4.61. The van der Waals surface area contributed by atoms with Crippen molar-refractivity contribution < 1.29 is 40.6 Å². The number of alkyl halides is 6. The van der Waals surface area contributed by atoms with Crippen LogP contribution in [0.1, 0.15) is 12.5 Å². The Balaban J connectivity index is 2.37. The van der Waals surface area contributed by atoms with Crippen molar-refractivity contribution in [3.05, 3.63) is 47.7 Å². The van der Waals surface area contributed by atoms with E-state index >= 15 is 0 Å². The normalized spacial score (nSPS) is 18.8. The van der Waals surface area contributed by atoms with Gasteiger partial charge in [-0.25, -0.2) is 0 Å². The molecule has 0 radical (unpaired) electrons. The highest BCUT2D eigenvalue weighted by Gasteiger charge is 2.34. The van der Waals surface area contributed by atoms with E-state index in [-0.39, 0.29) is 11.1 Å². The minimum atomic E-state index is -4.99. The number of hydrogen-bond acceptors (Lipinski definition) is 3. The van der Waals surface area contributed by atoms with Crippen molar-refractivity contribution in [3.8, 4) is 5.75 Å². The first-order valence-corrected chi connectivity index (χ1v) is 6.54. The number of benzene rings is 1. The van der Waals surface area contributed by atoms with E-state index in [1.807, 2.05) is 0 Å². The van der Waals surface area contributed by atoms with Crippen molar-refractivity contribution in [2.75, 3.05) is 0 Å². The van der Waals surface area contributed by atoms with E-state index in [0.717, 1.165) is 18.2 Å². The predicted molar refractivity (Wildman–Crippen MR) is 70.5 cm³/mol. The van der Waals surface area contributed by atoms with E-state index in [9.17, 15) is 31.1 Å². The Hall–Kier alpha value is -2.45. The van der Waals surface area contributed by atoms with Crippen molar-refractivity contribution in [1.82, 2.24) is 0 Å². The molecule has 1 unspecified atom stereocenters. The first kappa shape index (κ1) is 17.9. The molecular weight excluding hydrogens is 342 g/mol. The molecule has 0 bridgehead atoms. The summed E-state index contributed by atoms with van der Waals surface area (Å²) in [5, 5.41) is 0. The van der Waals surface area contributed by atoms with Crippen LogP contribution >= 0.6 is 0 Å². The van der Waals surface area contributed by atoms with Crippen LogP contribution in [-0.4, -0.2) is 18.5 Å². The first-order chi connectivity index (χ1) is 10.9. The highest BCUT2D eigenvalue weighted by Crippen LogP contribution is 2.34. The zero-order valence-corrected chi connectivity index (χ0v) is 12.0. The Labute approximate surface area is 132 Å². The molecule has 130 valence electrons. The van der Waals surface area contributed by atoms with Crippen LogP contribution in [0.2, 0.25) is 0 Å². The van der Waals surface area contributed by atoms with Crippen molar-refractivity contribution in [3.63, 3.8) is 0 Å². The van der Waals surface area contributed by atoms with Gasteiger partial charge in [0.2, 0.25) is 0 Å². The Kier molecular flexibility index (Phi) is 4.63. The van der Waals surface area contributed by atoms with Gasteiger partial charge < -0.3 is 9.47 Å². The SMILES string of the molecule is CC1C(=O)C=C(OC(F)(F)F)C=C1c1cccc(OC(F)(F)F)c1. The highest BCUT2D eigenvalue weighted by molar-refractivity contribution is 6.03. The zero-order valence-electron chi connectivity index (χ0n) is 12.0. The largest absolute Gasteiger partial charge is 0.573 e. The van der Waals surface area contributed by atoms with Gasteiger partial charge in [-0.1, -0.05) is 19.1 Å². The van der Waals surface area contributed by atoms with Gasteiger partial charge in [0.1, 0.15) is 11.5 Å². The Morgan fingerprint density at radius 1 is 0.958 bits per heavy atom. The Bertz CT molecular complexity index is 700. The molecule has 0 aliphatic heterocycles. The number of hydrogen-bond donors (Lipinski definition) is 0.